The molecule has 0 radical (unpaired) electrons. The summed E-state index contributed by atoms with van der Waals surface area (Å²) in [6, 6.07) is 14.6. The molecular weight excluding hydrogens is 517 g/mol. The van der Waals surface area contributed by atoms with E-state index in [0.717, 1.165) is 38.8 Å². The fourth-order valence-corrected chi connectivity index (χ4v) is 6.78. The molecule has 180 valence electrons. The van der Waals surface area contributed by atoms with Crippen LogP contribution in [0, 0.1) is 23.6 Å². The minimum Gasteiger partial charge on any atom is -0.493 e. The van der Waals surface area contributed by atoms with Gasteiger partial charge in [0.25, 0.3) is 0 Å². The first-order valence-corrected chi connectivity index (χ1v) is 13.7. The van der Waals surface area contributed by atoms with E-state index in [1.807, 2.05) is 24.3 Å². The zero-order chi connectivity index (χ0) is 23.5. The molecule has 0 saturated heterocycles. The SMILES string of the molecule is C[C@@H]([C@H]1C[C@H]2CC[C@H]1C2)n1c(COc2ccccc2F)nnc1SCCOc1cccc(Br)c1. The molecule has 0 amide bonds. The third-order valence-corrected chi connectivity index (χ3v) is 8.53. The predicted molar refractivity (Wildman–Crippen MR) is 135 cm³/mol. The third kappa shape index (κ3) is 5.28. The van der Waals surface area contributed by atoms with Crippen molar-refractivity contribution >= 4 is 27.7 Å². The van der Waals surface area contributed by atoms with Crippen LogP contribution in [0.5, 0.6) is 11.5 Å². The van der Waals surface area contributed by atoms with Crippen LogP contribution < -0.4 is 9.47 Å². The molecule has 2 aliphatic carbocycles. The van der Waals surface area contributed by atoms with Crippen LogP contribution in [0.2, 0.25) is 0 Å². The first-order chi connectivity index (χ1) is 16.6. The monoisotopic (exact) mass is 545 g/mol. The van der Waals surface area contributed by atoms with E-state index in [1.54, 1.807) is 30.0 Å². The van der Waals surface area contributed by atoms with Gasteiger partial charge in [-0.2, -0.15) is 0 Å². The van der Waals surface area contributed by atoms with E-state index in [-0.39, 0.29) is 24.2 Å². The molecule has 4 atom stereocenters. The molecule has 5 nitrogen and oxygen atoms in total. The molecular formula is C26H29BrFN3O2S. The smallest absolute Gasteiger partial charge is 0.191 e. The fourth-order valence-electron chi connectivity index (χ4n) is 5.54. The number of para-hydroxylation sites is 1. The first-order valence-electron chi connectivity index (χ1n) is 11.9. The Kier molecular flexibility index (Phi) is 7.44. The molecule has 0 spiro atoms. The standard InChI is InChI=1S/C26H29BrFN3O2S/c1-17(22-14-18-9-10-19(22)13-18)31-25(16-33-24-8-3-2-7-23(24)28)29-30-26(31)34-12-11-32-21-6-4-5-20(27)15-21/h2-8,15,17-19,22H,9-14,16H2,1H3/t17-,18-,19-,22+/m0/s1. The van der Waals surface area contributed by atoms with Gasteiger partial charge in [0.2, 0.25) is 0 Å². The number of benzene rings is 2. The largest absolute Gasteiger partial charge is 0.493 e. The number of thioether (sulfide) groups is 1. The Morgan fingerprint density at radius 1 is 1.12 bits per heavy atom. The van der Waals surface area contributed by atoms with Crippen LogP contribution in [0.25, 0.3) is 0 Å². The maximum atomic E-state index is 14.1. The summed E-state index contributed by atoms with van der Waals surface area (Å²) in [6.07, 6.45) is 5.31. The summed E-state index contributed by atoms with van der Waals surface area (Å²) in [6.45, 7) is 3.04. The third-order valence-electron chi connectivity index (χ3n) is 7.13. The van der Waals surface area contributed by atoms with Crippen molar-refractivity contribution in [1.29, 1.82) is 0 Å². The van der Waals surface area contributed by atoms with Crippen molar-refractivity contribution in [3.8, 4) is 11.5 Å². The normalized spacial score (nSPS) is 22.1. The van der Waals surface area contributed by atoms with Crippen LogP contribution in [-0.4, -0.2) is 27.1 Å². The Morgan fingerprint density at radius 2 is 2.00 bits per heavy atom. The molecule has 1 heterocycles. The number of fused-ring (bicyclic) bond motifs is 2. The maximum absolute atomic E-state index is 14.1. The van der Waals surface area contributed by atoms with Crippen LogP contribution in [-0.2, 0) is 6.61 Å². The van der Waals surface area contributed by atoms with Gasteiger partial charge in [0.1, 0.15) is 12.4 Å². The fraction of sp³-hybridized carbons (Fsp3) is 0.462. The van der Waals surface area contributed by atoms with Gasteiger partial charge in [-0.15, -0.1) is 10.2 Å². The Morgan fingerprint density at radius 3 is 2.76 bits per heavy atom. The molecule has 0 unspecified atom stereocenters. The molecule has 2 fully saturated rings. The minimum absolute atomic E-state index is 0.189. The van der Waals surface area contributed by atoms with Gasteiger partial charge < -0.3 is 9.47 Å². The highest BCUT2D eigenvalue weighted by molar-refractivity contribution is 9.10. The van der Waals surface area contributed by atoms with E-state index in [1.165, 1.54) is 31.7 Å². The van der Waals surface area contributed by atoms with Crippen molar-refractivity contribution in [1.82, 2.24) is 14.8 Å². The number of hydrogen-bond donors (Lipinski definition) is 0. The lowest BCUT2D eigenvalue weighted by atomic mass is 9.84. The summed E-state index contributed by atoms with van der Waals surface area (Å²) in [5.41, 5.74) is 0. The second-order valence-electron chi connectivity index (χ2n) is 9.22. The predicted octanol–water partition coefficient (Wildman–Crippen LogP) is 6.93. The van der Waals surface area contributed by atoms with E-state index in [0.29, 0.717) is 12.5 Å². The molecule has 0 aliphatic heterocycles. The average Bonchev–Trinajstić information content (AvgIpc) is 3.57. The second kappa shape index (κ2) is 10.7. The number of nitrogens with zero attached hydrogens (tertiary/aromatic N) is 3. The maximum Gasteiger partial charge on any atom is 0.191 e. The number of ether oxygens (including phenoxy) is 2. The molecule has 0 N–H and O–H groups in total. The highest BCUT2D eigenvalue weighted by atomic mass is 79.9. The molecule has 1 aromatic heterocycles. The summed E-state index contributed by atoms with van der Waals surface area (Å²) >= 11 is 5.12. The lowest BCUT2D eigenvalue weighted by Gasteiger charge is -2.30. The van der Waals surface area contributed by atoms with Gasteiger partial charge in [-0.05, 0) is 74.3 Å². The lowest BCUT2D eigenvalue weighted by Crippen LogP contribution is -2.24. The van der Waals surface area contributed by atoms with E-state index >= 15 is 0 Å². The second-order valence-corrected chi connectivity index (χ2v) is 11.2. The number of halogens is 2. The first kappa shape index (κ1) is 23.7. The van der Waals surface area contributed by atoms with Crippen molar-refractivity contribution in [2.75, 3.05) is 12.4 Å². The van der Waals surface area contributed by atoms with E-state index in [2.05, 4.69) is 37.6 Å². The van der Waals surface area contributed by atoms with Crippen LogP contribution in [0.1, 0.15) is 44.5 Å². The summed E-state index contributed by atoms with van der Waals surface area (Å²) in [4.78, 5) is 0. The van der Waals surface area contributed by atoms with Crippen molar-refractivity contribution in [2.45, 2.75) is 50.4 Å². The zero-order valence-corrected chi connectivity index (χ0v) is 21.6. The van der Waals surface area contributed by atoms with Crippen LogP contribution >= 0.6 is 27.7 Å². The van der Waals surface area contributed by atoms with Gasteiger partial charge in [0, 0.05) is 16.3 Å². The Balaban J connectivity index is 1.29. The zero-order valence-electron chi connectivity index (χ0n) is 19.2. The Labute approximate surface area is 212 Å². The quantitative estimate of drug-likeness (QED) is 0.204. The number of rotatable bonds is 10. The highest BCUT2D eigenvalue weighted by Gasteiger charge is 2.43. The molecule has 2 saturated carbocycles. The Hall–Kier alpha value is -2.06. The van der Waals surface area contributed by atoms with Crippen LogP contribution in [0.3, 0.4) is 0 Å². The van der Waals surface area contributed by atoms with Crippen molar-refractivity contribution in [3.63, 3.8) is 0 Å². The van der Waals surface area contributed by atoms with Crippen molar-refractivity contribution < 1.29 is 13.9 Å². The molecule has 5 rings (SSSR count). The topological polar surface area (TPSA) is 49.2 Å². The molecule has 8 heteroatoms. The van der Waals surface area contributed by atoms with Crippen LogP contribution in [0.4, 0.5) is 4.39 Å². The molecule has 2 aliphatic rings. The number of aromatic nitrogens is 3. The van der Waals surface area contributed by atoms with Gasteiger partial charge in [-0.1, -0.05) is 52.3 Å². The van der Waals surface area contributed by atoms with Crippen molar-refractivity contribution in [3.05, 3.63) is 64.6 Å². The van der Waals surface area contributed by atoms with E-state index in [9.17, 15) is 4.39 Å². The molecule has 34 heavy (non-hydrogen) atoms. The minimum atomic E-state index is -0.367. The van der Waals surface area contributed by atoms with Crippen molar-refractivity contribution in [2.24, 2.45) is 17.8 Å². The highest BCUT2D eigenvalue weighted by Crippen LogP contribution is 2.52. The molecule has 2 bridgehead atoms. The van der Waals surface area contributed by atoms with Gasteiger partial charge >= 0.3 is 0 Å². The van der Waals surface area contributed by atoms with E-state index in [4.69, 9.17) is 9.47 Å². The number of hydrogen-bond acceptors (Lipinski definition) is 5. The van der Waals surface area contributed by atoms with E-state index < -0.39 is 0 Å². The van der Waals surface area contributed by atoms with Gasteiger partial charge in [0.15, 0.2) is 22.5 Å². The molecule has 2 aromatic carbocycles. The lowest BCUT2D eigenvalue weighted by molar-refractivity contribution is 0.215. The summed E-state index contributed by atoms with van der Waals surface area (Å²) in [7, 11) is 0. The Bertz CT molecular complexity index is 1130. The van der Waals surface area contributed by atoms with Gasteiger partial charge in [-0.3, -0.25) is 4.57 Å². The summed E-state index contributed by atoms with van der Waals surface area (Å²) < 4.78 is 29.0. The van der Waals surface area contributed by atoms with Crippen LogP contribution in [0.15, 0.2) is 58.2 Å². The summed E-state index contributed by atoms with van der Waals surface area (Å²) in [5.74, 6) is 4.47. The average molecular weight is 547 g/mol. The van der Waals surface area contributed by atoms with Gasteiger partial charge in [-0.25, -0.2) is 4.39 Å². The van der Waals surface area contributed by atoms with Gasteiger partial charge in [0.05, 0.1) is 6.61 Å². The summed E-state index contributed by atoms with van der Waals surface area (Å²) in [5, 5.41) is 9.84. The molecule has 3 aromatic rings.